The lowest BCUT2D eigenvalue weighted by Gasteiger charge is -2.31. The summed E-state index contributed by atoms with van der Waals surface area (Å²) in [5, 5.41) is 3.79. The number of amides is 1. The van der Waals surface area contributed by atoms with Crippen molar-refractivity contribution in [1.29, 1.82) is 0 Å². The Labute approximate surface area is 102 Å². The second kappa shape index (κ2) is 4.75. The van der Waals surface area contributed by atoms with E-state index in [9.17, 15) is 4.79 Å². The SMILES string of the molecule is Cc1cccc(N2CCC(=O)N2CC(C)N)c1. The van der Waals surface area contributed by atoms with Gasteiger partial charge in [-0.25, -0.2) is 0 Å². The summed E-state index contributed by atoms with van der Waals surface area (Å²) in [6.07, 6.45) is 0.570. The maximum atomic E-state index is 11.8. The zero-order valence-electron chi connectivity index (χ0n) is 10.4. The van der Waals surface area contributed by atoms with Crippen LogP contribution < -0.4 is 10.7 Å². The number of rotatable bonds is 3. The highest BCUT2D eigenvalue weighted by Gasteiger charge is 2.29. The second-order valence-corrected chi connectivity index (χ2v) is 4.67. The van der Waals surface area contributed by atoms with Gasteiger partial charge in [0.25, 0.3) is 0 Å². The predicted molar refractivity (Wildman–Crippen MR) is 68.5 cm³/mol. The van der Waals surface area contributed by atoms with Crippen molar-refractivity contribution in [3.8, 4) is 0 Å². The molecule has 1 unspecified atom stereocenters. The Balaban J connectivity index is 2.22. The summed E-state index contributed by atoms with van der Waals surface area (Å²) in [6.45, 7) is 5.29. The fourth-order valence-electron chi connectivity index (χ4n) is 2.12. The van der Waals surface area contributed by atoms with Crippen molar-refractivity contribution >= 4 is 11.6 Å². The molecule has 1 atom stereocenters. The second-order valence-electron chi connectivity index (χ2n) is 4.67. The van der Waals surface area contributed by atoms with Crippen LogP contribution in [0.2, 0.25) is 0 Å². The molecule has 1 heterocycles. The van der Waals surface area contributed by atoms with Gasteiger partial charge >= 0.3 is 0 Å². The highest BCUT2D eigenvalue weighted by atomic mass is 16.2. The zero-order chi connectivity index (χ0) is 12.4. The van der Waals surface area contributed by atoms with Gasteiger partial charge in [0.1, 0.15) is 0 Å². The molecule has 1 aliphatic heterocycles. The summed E-state index contributed by atoms with van der Waals surface area (Å²) in [6, 6.07) is 8.17. The molecule has 1 aromatic rings. The maximum Gasteiger partial charge on any atom is 0.242 e. The molecular weight excluding hydrogens is 214 g/mol. The number of nitrogens with two attached hydrogens (primary N) is 1. The number of nitrogens with zero attached hydrogens (tertiary/aromatic N) is 2. The lowest BCUT2D eigenvalue weighted by Crippen LogP contribution is -2.45. The molecule has 1 amide bonds. The van der Waals surface area contributed by atoms with Crippen LogP contribution in [-0.2, 0) is 4.79 Å². The predicted octanol–water partition coefficient (Wildman–Crippen LogP) is 1.30. The molecular formula is C13H19N3O. The van der Waals surface area contributed by atoms with Gasteiger partial charge in [0.15, 0.2) is 0 Å². The summed E-state index contributed by atoms with van der Waals surface area (Å²) >= 11 is 0. The summed E-state index contributed by atoms with van der Waals surface area (Å²) in [7, 11) is 0. The molecule has 4 nitrogen and oxygen atoms in total. The van der Waals surface area contributed by atoms with Gasteiger partial charge in [-0.3, -0.25) is 14.8 Å². The summed E-state index contributed by atoms with van der Waals surface area (Å²) < 4.78 is 0. The van der Waals surface area contributed by atoms with Gasteiger partial charge in [-0.05, 0) is 31.5 Å². The van der Waals surface area contributed by atoms with E-state index in [0.717, 1.165) is 12.2 Å². The number of hydrogen-bond acceptors (Lipinski definition) is 3. The van der Waals surface area contributed by atoms with Gasteiger partial charge in [0.05, 0.1) is 12.2 Å². The Hall–Kier alpha value is -1.55. The molecule has 4 heteroatoms. The molecule has 1 fully saturated rings. The lowest BCUT2D eigenvalue weighted by atomic mass is 10.2. The van der Waals surface area contributed by atoms with Crippen LogP contribution in [0.5, 0.6) is 0 Å². The van der Waals surface area contributed by atoms with E-state index in [4.69, 9.17) is 5.73 Å². The molecule has 0 spiro atoms. The van der Waals surface area contributed by atoms with Crippen LogP contribution in [0.15, 0.2) is 24.3 Å². The fourth-order valence-corrected chi connectivity index (χ4v) is 2.12. The molecule has 1 aromatic carbocycles. The standard InChI is InChI=1S/C13H19N3O/c1-10-4-3-5-12(8-10)15-7-6-13(17)16(15)9-11(2)14/h3-5,8,11H,6-7,9,14H2,1-2H3. The van der Waals surface area contributed by atoms with Gasteiger partial charge in [0.2, 0.25) is 5.91 Å². The Bertz CT molecular complexity index is 417. The highest BCUT2D eigenvalue weighted by Crippen LogP contribution is 2.23. The van der Waals surface area contributed by atoms with Crippen molar-refractivity contribution in [2.24, 2.45) is 5.73 Å². The molecule has 0 bridgehead atoms. The summed E-state index contributed by atoms with van der Waals surface area (Å²) in [4.78, 5) is 11.8. The molecule has 0 aromatic heterocycles. The third kappa shape index (κ3) is 2.58. The Morgan fingerprint density at radius 2 is 2.24 bits per heavy atom. The van der Waals surface area contributed by atoms with Crippen LogP contribution in [0, 0.1) is 6.92 Å². The van der Waals surface area contributed by atoms with Crippen LogP contribution in [0.4, 0.5) is 5.69 Å². The number of hydrogen-bond donors (Lipinski definition) is 1. The maximum absolute atomic E-state index is 11.8. The van der Waals surface area contributed by atoms with Gasteiger partial charge in [-0.1, -0.05) is 12.1 Å². The first-order chi connectivity index (χ1) is 8.08. The minimum atomic E-state index is -0.00985. The van der Waals surface area contributed by atoms with Crippen molar-refractivity contribution in [2.75, 3.05) is 18.1 Å². The Morgan fingerprint density at radius 3 is 2.88 bits per heavy atom. The van der Waals surface area contributed by atoms with Crippen molar-refractivity contribution in [3.63, 3.8) is 0 Å². The summed E-state index contributed by atoms with van der Waals surface area (Å²) in [5.74, 6) is 0.156. The van der Waals surface area contributed by atoms with Crippen molar-refractivity contribution in [3.05, 3.63) is 29.8 Å². The average molecular weight is 233 g/mol. The minimum absolute atomic E-state index is 0.00985. The smallest absolute Gasteiger partial charge is 0.242 e. The van der Waals surface area contributed by atoms with Crippen LogP contribution >= 0.6 is 0 Å². The van der Waals surface area contributed by atoms with Crippen molar-refractivity contribution < 1.29 is 4.79 Å². The van der Waals surface area contributed by atoms with Gasteiger partial charge in [-0.2, -0.15) is 0 Å². The van der Waals surface area contributed by atoms with Crippen LogP contribution in [0.25, 0.3) is 0 Å². The van der Waals surface area contributed by atoms with E-state index in [-0.39, 0.29) is 11.9 Å². The van der Waals surface area contributed by atoms with Gasteiger partial charge in [0, 0.05) is 19.0 Å². The molecule has 17 heavy (non-hydrogen) atoms. The number of aryl methyl sites for hydroxylation is 1. The molecule has 2 N–H and O–H groups in total. The highest BCUT2D eigenvalue weighted by molar-refractivity contribution is 5.81. The fraction of sp³-hybridized carbons (Fsp3) is 0.462. The topological polar surface area (TPSA) is 49.6 Å². The first-order valence-electron chi connectivity index (χ1n) is 5.98. The van der Waals surface area contributed by atoms with E-state index in [1.165, 1.54) is 5.56 Å². The van der Waals surface area contributed by atoms with E-state index >= 15 is 0 Å². The van der Waals surface area contributed by atoms with Crippen molar-refractivity contribution in [1.82, 2.24) is 5.01 Å². The average Bonchev–Trinajstić information content (AvgIpc) is 2.60. The largest absolute Gasteiger partial charge is 0.326 e. The molecule has 0 aliphatic carbocycles. The molecule has 1 aliphatic rings. The minimum Gasteiger partial charge on any atom is -0.326 e. The number of anilines is 1. The van der Waals surface area contributed by atoms with E-state index in [1.54, 1.807) is 5.01 Å². The van der Waals surface area contributed by atoms with Gasteiger partial charge < -0.3 is 5.73 Å². The lowest BCUT2D eigenvalue weighted by molar-refractivity contribution is -0.128. The van der Waals surface area contributed by atoms with E-state index in [1.807, 2.05) is 24.1 Å². The normalized spacial score (nSPS) is 17.7. The van der Waals surface area contributed by atoms with Crippen molar-refractivity contribution in [2.45, 2.75) is 26.3 Å². The first kappa shape index (κ1) is 11.9. The first-order valence-corrected chi connectivity index (χ1v) is 5.98. The van der Waals surface area contributed by atoms with E-state index in [2.05, 4.69) is 19.1 Å². The van der Waals surface area contributed by atoms with E-state index in [0.29, 0.717) is 13.0 Å². The summed E-state index contributed by atoms with van der Waals surface area (Å²) in [5.41, 5.74) is 8.05. The third-order valence-corrected chi connectivity index (χ3v) is 2.88. The van der Waals surface area contributed by atoms with Crippen LogP contribution in [0.1, 0.15) is 18.9 Å². The number of carbonyl (C=O) groups is 1. The zero-order valence-corrected chi connectivity index (χ0v) is 10.4. The molecule has 92 valence electrons. The monoisotopic (exact) mass is 233 g/mol. The number of benzene rings is 1. The third-order valence-electron chi connectivity index (χ3n) is 2.88. The number of hydrazine groups is 1. The Kier molecular flexibility index (Phi) is 3.33. The molecule has 0 saturated carbocycles. The Morgan fingerprint density at radius 1 is 1.47 bits per heavy atom. The van der Waals surface area contributed by atoms with Crippen LogP contribution in [0.3, 0.4) is 0 Å². The molecule has 0 radical (unpaired) electrons. The molecule has 1 saturated heterocycles. The van der Waals surface area contributed by atoms with Gasteiger partial charge in [-0.15, -0.1) is 0 Å². The van der Waals surface area contributed by atoms with Crippen LogP contribution in [-0.4, -0.2) is 30.0 Å². The number of carbonyl (C=O) groups excluding carboxylic acids is 1. The molecule has 2 rings (SSSR count). The van der Waals surface area contributed by atoms with E-state index < -0.39 is 0 Å². The quantitative estimate of drug-likeness (QED) is 0.856.